The molecule has 10 heteroatoms. The van der Waals surface area contributed by atoms with Crippen molar-refractivity contribution < 1.29 is 13.2 Å². The van der Waals surface area contributed by atoms with Crippen molar-refractivity contribution >= 4 is 31.9 Å². The van der Waals surface area contributed by atoms with Crippen LogP contribution in [0.1, 0.15) is 32.3 Å². The summed E-state index contributed by atoms with van der Waals surface area (Å²) >= 11 is 0. The highest BCUT2D eigenvalue weighted by Gasteiger charge is 2.27. The fraction of sp³-hybridized carbons (Fsp3) is 0.394. The largest absolute Gasteiger partial charge is 0.497 e. The second-order valence-corrected chi connectivity index (χ2v) is 14.5. The van der Waals surface area contributed by atoms with Crippen LogP contribution < -0.4 is 10.4 Å². The predicted octanol–water partition coefficient (Wildman–Crippen LogP) is 5.22. The van der Waals surface area contributed by atoms with Crippen LogP contribution in [0.2, 0.25) is 0 Å². The first kappa shape index (κ1) is 29.2. The van der Waals surface area contributed by atoms with E-state index in [-0.39, 0.29) is 10.9 Å². The monoisotopic (exact) mass is 601 g/mol. The third-order valence-corrected chi connectivity index (χ3v) is 10.3. The molecule has 0 amide bonds. The summed E-state index contributed by atoms with van der Waals surface area (Å²) in [5, 5.41) is 0.694. The van der Waals surface area contributed by atoms with Gasteiger partial charge < -0.3 is 9.72 Å². The normalized spacial score (nSPS) is 15.2. The van der Waals surface area contributed by atoms with Gasteiger partial charge in [0.15, 0.2) is 0 Å². The van der Waals surface area contributed by atoms with Gasteiger partial charge in [-0.25, -0.2) is 18.2 Å². The number of nitrogens with zero attached hydrogens (tertiary/aromatic N) is 4. The molecule has 1 aliphatic heterocycles. The molecule has 0 atom stereocenters. The quantitative estimate of drug-likeness (QED) is 0.262. The Kier molecular flexibility index (Phi) is 7.68. The van der Waals surface area contributed by atoms with Gasteiger partial charge in [-0.1, -0.05) is 50.2 Å². The Hall–Kier alpha value is -3.89. The summed E-state index contributed by atoms with van der Waals surface area (Å²) in [6, 6.07) is 16.5. The van der Waals surface area contributed by atoms with Crippen LogP contribution in [-0.4, -0.2) is 64.1 Å². The topological polar surface area (TPSA) is 102 Å². The molecule has 2 aromatic carbocycles. The van der Waals surface area contributed by atoms with Crippen LogP contribution in [0.25, 0.3) is 44.5 Å². The standard InChI is InChI=1S/C33H39N5O4S/c1-21(2)19-38-31-27(36(3)33(38)39)18-34-32-29(31)28(23-10-12-25(42-4)13-11-23)30(35-32)24-8-6-22(7-9-24)20-37-16-14-26(15-17-37)43(5,40)41/h6-13,18,21,26H,14-17,19-20H2,1-5H3,(H,34,35). The molecule has 9 nitrogen and oxygen atoms in total. The highest BCUT2D eigenvalue weighted by molar-refractivity contribution is 7.91. The zero-order chi connectivity index (χ0) is 30.5. The molecule has 0 radical (unpaired) electrons. The lowest BCUT2D eigenvalue weighted by molar-refractivity contribution is 0.222. The van der Waals surface area contributed by atoms with Crippen molar-refractivity contribution in [3.05, 3.63) is 70.8 Å². The van der Waals surface area contributed by atoms with Crippen LogP contribution in [0.5, 0.6) is 5.75 Å². The van der Waals surface area contributed by atoms with Crippen LogP contribution in [0.4, 0.5) is 0 Å². The van der Waals surface area contributed by atoms with Gasteiger partial charge in [0.1, 0.15) is 21.2 Å². The third-order valence-electron chi connectivity index (χ3n) is 8.64. The maximum Gasteiger partial charge on any atom is 0.328 e. The first-order valence-electron chi connectivity index (χ1n) is 14.8. The van der Waals surface area contributed by atoms with Gasteiger partial charge in [0.05, 0.1) is 40.7 Å². The maximum atomic E-state index is 13.4. The number of aryl methyl sites for hydroxylation is 1. The smallest absolute Gasteiger partial charge is 0.328 e. The molecule has 1 fully saturated rings. The molecule has 0 unspecified atom stereocenters. The van der Waals surface area contributed by atoms with Gasteiger partial charge in [-0.2, -0.15) is 0 Å². The number of fused-ring (bicyclic) bond motifs is 3. The zero-order valence-corrected chi connectivity index (χ0v) is 26.2. The van der Waals surface area contributed by atoms with Crippen molar-refractivity contribution in [1.82, 2.24) is 24.0 Å². The van der Waals surface area contributed by atoms with E-state index in [1.165, 1.54) is 11.8 Å². The molecule has 43 heavy (non-hydrogen) atoms. The van der Waals surface area contributed by atoms with Crippen molar-refractivity contribution in [3.63, 3.8) is 0 Å². The molecule has 3 aromatic heterocycles. The van der Waals surface area contributed by atoms with E-state index >= 15 is 0 Å². The molecule has 0 saturated carbocycles. The number of pyridine rings is 1. The minimum absolute atomic E-state index is 0.0497. The van der Waals surface area contributed by atoms with Crippen LogP contribution in [0.3, 0.4) is 0 Å². The number of aromatic amines is 1. The molecule has 0 aliphatic carbocycles. The van der Waals surface area contributed by atoms with Crippen LogP contribution in [0, 0.1) is 5.92 Å². The summed E-state index contributed by atoms with van der Waals surface area (Å²) < 4.78 is 32.9. The van der Waals surface area contributed by atoms with Gasteiger partial charge in [-0.3, -0.25) is 14.0 Å². The Morgan fingerprint density at radius 3 is 2.28 bits per heavy atom. The van der Waals surface area contributed by atoms with Crippen LogP contribution in [-0.2, 0) is 30.0 Å². The van der Waals surface area contributed by atoms with E-state index in [9.17, 15) is 13.2 Å². The summed E-state index contributed by atoms with van der Waals surface area (Å²) in [5.74, 6) is 1.06. The number of sulfone groups is 1. The summed E-state index contributed by atoms with van der Waals surface area (Å²) in [6.07, 6.45) is 4.49. The number of ether oxygens (including phenoxy) is 1. The highest BCUT2D eigenvalue weighted by Crippen LogP contribution is 2.41. The van der Waals surface area contributed by atoms with Crippen molar-refractivity contribution in [2.75, 3.05) is 26.5 Å². The van der Waals surface area contributed by atoms with Crippen molar-refractivity contribution in [3.8, 4) is 28.1 Å². The van der Waals surface area contributed by atoms with Gasteiger partial charge in [0.2, 0.25) is 0 Å². The number of H-pyrrole nitrogens is 1. The second-order valence-electron chi connectivity index (χ2n) is 12.2. The number of aromatic nitrogens is 4. The fourth-order valence-electron chi connectivity index (χ4n) is 6.36. The lowest BCUT2D eigenvalue weighted by Gasteiger charge is -2.31. The van der Waals surface area contributed by atoms with Crippen molar-refractivity contribution in [1.29, 1.82) is 0 Å². The number of methoxy groups -OCH3 is 1. The Balaban J connectivity index is 1.44. The number of hydrogen-bond acceptors (Lipinski definition) is 6. The van der Waals surface area contributed by atoms with Gasteiger partial charge >= 0.3 is 5.69 Å². The van der Waals surface area contributed by atoms with E-state index in [1.54, 1.807) is 24.9 Å². The molecule has 0 bridgehead atoms. The van der Waals surface area contributed by atoms with Crippen LogP contribution in [0.15, 0.2) is 59.5 Å². The highest BCUT2D eigenvalue weighted by atomic mass is 32.2. The molecule has 226 valence electrons. The van der Waals surface area contributed by atoms with Gasteiger partial charge in [0, 0.05) is 32.0 Å². The van der Waals surface area contributed by atoms with Gasteiger partial charge in [0.25, 0.3) is 0 Å². The maximum absolute atomic E-state index is 13.4. The van der Waals surface area contributed by atoms with Gasteiger partial charge in [-0.15, -0.1) is 0 Å². The average molecular weight is 602 g/mol. The average Bonchev–Trinajstić information content (AvgIpc) is 3.48. The van der Waals surface area contributed by atoms with E-state index in [0.29, 0.717) is 25.3 Å². The minimum atomic E-state index is -2.99. The number of rotatable bonds is 8. The Morgan fingerprint density at radius 2 is 1.67 bits per heavy atom. The Bertz CT molecular complexity index is 1940. The summed E-state index contributed by atoms with van der Waals surface area (Å²) in [7, 11) is 0.473. The summed E-state index contributed by atoms with van der Waals surface area (Å²) in [4.78, 5) is 24.1. The molecule has 0 spiro atoms. The molecule has 5 aromatic rings. The van der Waals surface area contributed by atoms with E-state index in [4.69, 9.17) is 9.72 Å². The minimum Gasteiger partial charge on any atom is -0.497 e. The van der Waals surface area contributed by atoms with E-state index in [0.717, 1.165) is 69.8 Å². The molecule has 1 N–H and O–H groups in total. The van der Waals surface area contributed by atoms with Crippen LogP contribution >= 0.6 is 0 Å². The molecule has 4 heterocycles. The number of imidazole rings is 1. The Labute approximate surface area is 252 Å². The molecule has 1 aliphatic rings. The summed E-state index contributed by atoms with van der Waals surface area (Å²) in [6.45, 7) is 7.18. The number of nitrogens with one attached hydrogen (secondary N) is 1. The van der Waals surface area contributed by atoms with E-state index < -0.39 is 9.84 Å². The molecule has 6 rings (SSSR count). The Morgan fingerprint density at radius 1 is 1.02 bits per heavy atom. The first-order valence-corrected chi connectivity index (χ1v) is 16.8. The SMILES string of the molecule is COc1ccc(-c2c(-c3ccc(CN4CCC(S(C)(=O)=O)CC4)cc3)[nH]c3ncc4c(c23)n(CC(C)C)c(=O)n4C)cc1. The van der Waals surface area contributed by atoms with Crippen molar-refractivity contribution in [2.45, 2.75) is 45.0 Å². The molecular formula is C33H39N5O4S. The van der Waals surface area contributed by atoms with Gasteiger partial charge in [-0.05, 0) is 60.7 Å². The molecular weight excluding hydrogens is 562 g/mol. The number of likely N-dealkylation sites (tertiary alicyclic amines) is 1. The van der Waals surface area contributed by atoms with Crippen molar-refractivity contribution in [2.24, 2.45) is 13.0 Å². The second kappa shape index (κ2) is 11.3. The summed E-state index contributed by atoms with van der Waals surface area (Å²) in [5.41, 5.74) is 7.50. The van der Waals surface area contributed by atoms with E-state index in [2.05, 4.69) is 48.0 Å². The number of hydrogen-bond donors (Lipinski definition) is 1. The zero-order valence-electron chi connectivity index (χ0n) is 25.4. The van der Waals surface area contributed by atoms with E-state index in [1.807, 2.05) is 28.8 Å². The lowest BCUT2D eigenvalue weighted by Crippen LogP contribution is -2.38. The fourth-order valence-corrected chi connectivity index (χ4v) is 7.42. The number of benzene rings is 2. The predicted molar refractivity (Wildman–Crippen MR) is 172 cm³/mol. The third kappa shape index (κ3) is 5.49. The lowest BCUT2D eigenvalue weighted by atomic mass is 9.97. The molecule has 1 saturated heterocycles. The number of piperidine rings is 1. The first-order chi connectivity index (χ1) is 20.5.